The van der Waals surface area contributed by atoms with E-state index < -0.39 is 10.2 Å². The van der Waals surface area contributed by atoms with Crippen LogP contribution in [0, 0.1) is 6.92 Å². The average molecular weight is 291 g/mol. The van der Waals surface area contributed by atoms with Crippen molar-refractivity contribution in [1.82, 2.24) is 14.0 Å². The number of hydrogen-bond donors (Lipinski definition) is 1. The largest absolute Gasteiger partial charge is 0.379 e. The van der Waals surface area contributed by atoms with E-state index in [9.17, 15) is 8.42 Å². The van der Waals surface area contributed by atoms with Crippen LogP contribution in [0.25, 0.3) is 0 Å². The molecule has 1 aliphatic rings. The molecule has 1 unspecified atom stereocenters. The van der Waals surface area contributed by atoms with Crippen LogP contribution in [0.5, 0.6) is 0 Å². The molecule has 6 nitrogen and oxygen atoms in total. The Hall–Kier alpha value is -0.540. The predicted molar refractivity (Wildman–Crippen MR) is 69.7 cm³/mol. The van der Waals surface area contributed by atoms with Crippen molar-refractivity contribution in [3.8, 4) is 0 Å². The van der Waals surface area contributed by atoms with Gasteiger partial charge in [0.2, 0.25) is 0 Å². The third kappa shape index (κ3) is 3.27. The Bertz CT molecular complexity index is 494. The Balaban J connectivity index is 2.03. The number of thiazole rings is 1. The number of aryl methyl sites for hydroxylation is 1. The zero-order valence-electron chi connectivity index (χ0n) is 10.4. The minimum Gasteiger partial charge on any atom is -0.379 e. The molecule has 1 N–H and O–H groups in total. The van der Waals surface area contributed by atoms with Crippen molar-refractivity contribution >= 4 is 21.5 Å². The van der Waals surface area contributed by atoms with E-state index in [0.717, 1.165) is 10.7 Å². The molecule has 1 aromatic heterocycles. The number of nitrogens with zero attached hydrogens (tertiary/aromatic N) is 2. The van der Waals surface area contributed by atoms with Gasteiger partial charge >= 0.3 is 0 Å². The lowest BCUT2D eigenvalue weighted by Crippen LogP contribution is -2.47. The van der Waals surface area contributed by atoms with Crippen LogP contribution >= 0.6 is 11.3 Å². The first-order chi connectivity index (χ1) is 8.49. The molecule has 2 rings (SSSR count). The van der Waals surface area contributed by atoms with Gasteiger partial charge in [-0.05, 0) is 13.8 Å². The van der Waals surface area contributed by atoms with Gasteiger partial charge in [-0.2, -0.15) is 17.4 Å². The summed E-state index contributed by atoms with van der Waals surface area (Å²) in [5.74, 6) is 0. The van der Waals surface area contributed by atoms with E-state index in [1.54, 1.807) is 6.92 Å². The van der Waals surface area contributed by atoms with Crippen molar-refractivity contribution in [2.75, 3.05) is 26.3 Å². The first kappa shape index (κ1) is 13.9. The lowest BCUT2D eigenvalue weighted by Gasteiger charge is -2.27. The van der Waals surface area contributed by atoms with E-state index in [2.05, 4.69) is 9.71 Å². The maximum atomic E-state index is 12.1. The Morgan fingerprint density at radius 1 is 1.50 bits per heavy atom. The van der Waals surface area contributed by atoms with Crippen LogP contribution in [0.4, 0.5) is 0 Å². The molecule has 1 fully saturated rings. The highest BCUT2D eigenvalue weighted by atomic mass is 32.2. The molecule has 0 amide bonds. The van der Waals surface area contributed by atoms with Crippen LogP contribution < -0.4 is 4.72 Å². The Morgan fingerprint density at radius 2 is 2.17 bits per heavy atom. The summed E-state index contributed by atoms with van der Waals surface area (Å²) in [5, 5.41) is 2.69. The van der Waals surface area contributed by atoms with Crippen LogP contribution in [0.2, 0.25) is 0 Å². The molecular formula is C10H17N3O3S2. The van der Waals surface area contributed by atoms with Gasteiger partial charge in [-0.25, -0.2) is 4.98 Å². The molecule has 1 aromatic rings. The maximum Gasteiger partial charge on any atom is 0.280 e. The molecule has 0 saturated carbocycles. The third-order valence-corrected chi connectivity index (χ3v) is 5.48. The summed E-state index contributed by atoms with van der Waals surface area (Å²) in [6.45, 7) is 5.40. The van der Waals surface area contributed by atoms with Crippen LogP contribution in [-0.2, 0) is 14.9 Å². The monoisotopic (exact) mass is 291 g/mol. The minimum absolute atomic E-state index is 0.309. The van der Waals surface area contributed by atoms with E-state index in [1.807, 2.05) is 12.3 Å². The second kappa shape index (κ2) is 5.62. The standard InChI is InChI=1S/C10H17N3O3S2/c1-8-7-17-10(11-8)9(2)12-18(14,15)13-3-5-16-6-4-13/h7,9,12H,3-6H2,1-2H3. The molecule has 0 bridgehead atoms. The van der Waals surface area contributed by atoms with Gasteiger partial charge in [-0.15, -0.1) is 11.3 Å². The highest BCUT2D eigenvalue weighted by Crippen LogP contribution is 2.19. The second-order valence-corrected chi connectivity index (χ2v) is 6.78. The molecule has 1 aliphatic heterocycles. The van der Waals surface area contributed by atoms with E-state index in [0.29, 0.717) is 26.3 Å². The number of morpholine rings is 1. The van der Waals surface area contributed by atoms with Crippen LogP contribution in [-0.4, -0.2) is 44.0 Å². The molecule has 0 spiro atoms. The zero-order chi connectivity index (χ0) is 13.2. The lowest BCUT2D eigenvalue weighted by molar-refractivity contribution is 0.0723. The average Bonchev–Trinajstić information content (AvgIpc) is 2.77. The first-order valence-corrected chi connectivity index (χ1v) is 8.08. The van der Waals surface area contributed by atoms with E-state index in [4.69, 9.17) is 4.74 Å². The molecule has 8 heteroatoms. The van der Waals surface area contributed by atoms with Gasteiger partial charge in [0, 0.05) is 24.2 Å². The van der Waals surface area contributed by atoms with Gasteiger partial charge in [-0.1, -0.05) is 0 Å². The highest BCUT2D eigenvalue weighted by molar-refractivity contribution is 7.87. The van der Waals surface area contributed by atoms with E-state index in [-0.39, 0.29) is 6.04 Å². The summed E-state index contributed by atoms with van der Waals surface area (Å²) in [4.78, 5) is 4.29. The van der Waals surface area contributed by atoms with Crippen LogP contribution in [0.1, 0.15) is 23.7 Å². The summed E-state index contributed by atoms with van der Waals surface area (Å²) in [7, 11) is -3.45. The molecular weight excluding hydrogens is 274 g/mol. The van der Waals surface area contributed by atoms with Crippen molar-refractivity contribution in [2.24, 2.45) is 0 Å². The zero-order valence-corrected chi connectivity index (χ0v) is 12.1. The summed E-state index contributed by atoms with van der Waals surface area (Å²) >= 11 is 1.46. The van der Waals surface area contributed by atoms with Crippen LogP contribution in [0.3, 0.4) is 0 Å². The number of hydrogen-bond acceptors (Lipinski definition) is 5. The van der Waals surface area contributed by atoms with Gasteiger partial charge in [-0.3, -0.25) is 0 Å². The van der Waals surface area contributed by atoms with Gasteiger partial charge in [0.1, 0.15) is 5.01 Å². The third-order valence-electron chi connectivity index (χ3n) is 2.64. The van der Waals surface area contributed by atoms with Gasteiger partial charge in [0.05, 0.1) is 19.3 Å². The summed E-state index contributed by atoms with van der Waals surface area (Å²) < 4.78 is 33.4. The molecule has 18 heavy (non-hydrogen) atoms. The van der Waals surface area contributed by atoms with Gasteiger partial charge < -0.3 is 4.74 Å². The molecule has 1 saturated heterocycles. The van der Waals surface area contributed by atoms with Crippen molar-refractivity contribution < 1.29 is 13.2 Å². The smallest absolute Gasteiger partial charge is 0.280 e. The van der Waals surface area contributed by atoms with Gasteiger partial charge in [0.25, 0.3) is 10.2 Å². The van der Waals surface area contributed by atoms with E-state index >= 15 is 0 Å². The molecule has 102 valence electrons. The number of rotatable bonds is 4. The molecule has 1 atom stereocenters. The van der Waals surface area contributed by atoms with Crippen molar-refractivity contribution in [3.63, 3.8) is 0 Å². The fourth-order valence-electron chi connectivity index (χ4n) is 1.71. The normalized spacial score (nSPS) is 19.9. The topological polar surface area (TPSA) is 71.5 Å². The van der Waals surface area contributed by atoms with E-state index in [1.165, 1.54) is 15.6 Å². The first-order valence-electron chi connectivity index (χ1n) is 5.76. The minimum atomic E-state index is -3.45. The number of ether oxygens (including phenoxy) is 1. The predicted octanol–water partition coefficient (Wildman–Crippen LogP) is 0.679. The second-order valence-electron chi connectivity index (χ2n) is 4.18. The maximum absolute atomic E-state index is 12.1. The van der Waals surface area contributed by atoms with Crippen molar-refractivity contribution in [3.05, 3.63) is 16.1 Å². The summed E-state index contributed by atoms with van der Waals surface area (Å²) in [5.41, 5.74) is 0.910. The molecule has 2 heterocycles. The Morgan fingerprint density at radius 3 is 2.72 bits per heavy atom. The Kier molecular flexibility index (Phi) is 4.33. The fraction of sp³-hybridized carbons (Fsp3) is 0.700. The SMILES string of the molecule is Cc1csc(C(C)NS(=O)(=O)N2CCOCC2)n1. The van der Waals surface area contributed by atoms with Crippen LogP contribution in [0.15, 0.2) is 5.38 Å². The molecule has 0 radical (unpaired) electrons. The summed E-state index contributed by atoms with van der Waals surface area (Å²) in [6.07, 6.45) is 0. The molecule has 0 aliphatic carbocycles. The fourth-order valence-corrected chi connectivity index (χ4v) is 3.92. The number of nitrogens with one attached hydrogen (secondary N) is 1. The molecule has 0 aromatic carbocycles. The summed E-state index contributed by atoms with van der Waals surface area (Å²) in [6, 6.07) is -0.309. The number of aromatic nitrogens is 1. The van der Waals surface area contributed by atoms with Crippen molar-refractivity contribution in [2.45, 2.75) is 19.9 Å². The van der Waals surface area contributed by atoms with Gasteiger partial charge in [0.15, 0.2) is 0 Å². The highest BCUT2D eigenvalue weighted by Gasteiger charge is 2.26. The lowest BCUT2D eigenvalue weighted by atomic mass is 10.4. The quantitative estimate of drug-likeness (QED) is 0.885. The van der Waals surface area contributed by atoms with Crippen molar-refractivity contribution in [1.29, 1.82) is 0 Å². The Labute approximate surface area is 111 Å².